The van der Waals surface area contributed by atoms with Gasteiger partial charge in [-0.25, -0.2) is 0 Å². The van der Waals surface area contributed by atoms with Crippen LogP contribution in [0.5, 0.6) is 5.75 Å². The predicted molar refractivity (Wildman–Crippen MR) is 111 cm³/mol. The van der Waals surface area contributed by atoms with E-state index in [1.165, 1.54) is 0 Å². The fourth-order valence-electron chi connectivity index (χ4n) is 3.39. The molecule has 28 heavy (non-hydrogen) atoms. The minimum absolute atomic E-state index is 0.0277. The zero-order chi connectivity index (χ0) is 20.1. The molecule has 2 aromatic carbocycles. The first-order valence-corrected chi connectivity index (χ1v) is 9.91. The van der Waals surface area contributed by atoms with Gasteiger partial charge in [-0.15, -0.1) is 0 Å². The number of amides is 2. The molecule has 5 nitrogen and oxygen atoms in total. The fraction of sp³-hybridized carbons (Fsp3) is 0.364. The van der Waals surface area contributed by atoms with Crippen LogP contribution in [0.4, 0.5) is 5.69 Å². The van der Waals surface area contributed by atoms with E-state index < -0.39 is 0 Å². The van der Waals surface area contributed by atoms with Crippen LogP contribution >= 0.6 is 11.6 Å². The van der Waals surface area contributed by atoms with Crippen molar-refractivity contribution in [1.82, 2.24) is 4.90 Å². The monoisotopic (exact) mass is 400 g/mol. The molecule has 148 valence electrons. The van der Waals surface area contributed by atoms with Gasteiger partial charge in [0.1, 0.15) is 12.4 Å². The summed E-state index contributed by atoms with van der Waals surface area (Å²) in [6.45, 7) is 4.80. The quantitative estimate of drug-likeness (QED) is 0.794. The van der Waals surface area contributed by atoms with Crippen molar-refractivity contribution >= 4 is 29.1 Å². The molecule has 2 aromatic rings. The van der Waals surface area contributed by atoms with E-state index in [-0.39, 0.29) is 24.3 Å². The number of ether oxygens (including phenoxy) is 1. The Hall–Kier alpha value is -2.53. The molecule has 1 aliphatic heterocycles. The van der Waals surface area contributed by atoms with E-state index in [0.717, 1.165) is 29.0 Å². The third-order valence-corrected chi connectivity index (χ3v) is 5.07. The topological polar surface area (TPSA) is 58.6 Å². The highest BCUT2D eigenvalue weighted by Crippen LogP contribution is 2.30. The maximum Gasteiger partial charge on any atom is 0.244 e. The van der Waals surface area contributed by atoms with Crippen molar-refractivity contribution in [3.8, 4) is 5.75 Å². The Morgan fingerprint density at radius 2 is 2.04 bits per heavy atom. The molecule has 1 atom stereocenters. The molecule has 0 spiro atoms. The van der Waals surface area contributed by atoms with Crippen molar-refractivity contribution in [3.05, 3.63) is 58.6 Å². The summed E-state index contributed by atoms with van der Waals surface area (Å²) in [5.74, 6) is 0.195. The van der Waals surface area contributed by atoms with E-state index in [2.05, 4.69) is 5.32 Å². The Morgan fingerprint density at radius 3 is 2.79 bits per heavy atom. The van der Waals surface area contributed by atoms with Crippen molar-refractivity contribution < 1.29 is 14.3 Å². The highest BCUT2D eigenvalue weighted by atomic mass is 35.5. The number of carbonyl (C=O) groups excluding carboxylic acids is 2. The number of hydrogen-bond acceptors (Lipinski definition) is 3. The number of para-hydroxylation sites is 1. The van der Waals surface area contributed by atoms with Gasteiger partial charge in [-0.1, -0.05) is 36.7 Å². The molecule has 0 bridgehead atoms. The number of rotatable bonds is 6. The number of anilines is 1. The van der Waals surface area contributed by atoms with E-state index >= 15 is 0 Å². The molecular formula is C22H25ClN2O3. The molecule has 0 fully saturated rings. The summed E-state index contributed by atoms with van der Waals surface area (Å²) in [5.41, 5.74) is 2.68. The summed E-state index contributed by atoms with van der Waals surface area (Å²) in [4.78, 5) is 27.2. The Bertz CT molecular complexity index is 869. The molecular weight excluding hydrogens is 376 g/mol. The summed E-state index contributed by atoms with van der Waals surface area (Å²) >= 11 is 6.07. The van der Waals surface area contributed by atoms with Crippen molar-refractivity contribution in [2.75, 3.05) is 25.0 Å². The number of hydrogen-bond donors (Lipinski definition) is 1. The van der Waals surface area contributed by atoms with Crippen molar-refractivity contribution in [3.63, 3.8) is 0 Å². The molecule has 1 unspecified atom stereocenters. The van der Waals surface area contributed by atoms with Crippen LogP contribution in [0.25, 0.3) is 0 Å². The lowest BCUT2D eigenvalue weighted by molar-refractivity contribution is -0.139. The maximum absolute atomic E-state index is 13.1. The molecule has 0 aromatic heterocycles. The standard InChI is InChI=1S/C22H25ClN2O3/c1-3-10-25(13-21(26)24-19-7-5-4-6-15(19)2)22(27)17-11-16-12-18(23)8-9-20(16)28-14-17/h4-9,12,17H,3,10-11,13-14H2,1-2H3,(H,24,26). The maximum atomic E-state index is 13.1. The summed E-state index contributed by atoms with van der Waals surface area (Å²) < 4.78 is 5.75. The van der Waals surface area contributed by atoms with Crippen LogP contribution in [0.15, 0.2) is 42.5 Å². The van der Waals surface area contributed by atoms with E-state index in [1.807, 2.05) is 50.2 Å². The van der Waals surface area contributed by atoms with Gasteiger partial charge in [-0.2, -0.15) is 0 Å². The van der Waals surface area contributed by atoms with Gasteiger partial charge < -0.3 is 15.0 Å². The molecule has 0 radical (unpaired) electrons. The van der Waals surface area contributed by atoms with Crippen molar-refractivity contribution in [1.29, 1.82) is 0 Å². The molecule has 6 heteroatoms. The average Bonchev–Trinajstić information content (AvgIpc) is 2.68. The van der Waals surface area contributed by atoms with Gasteiger partial charge in [-0.3, -0.25) is 9.59 Å². The zero-order valence-electron chi connectivity index (χ0n) is 16.2. The molecule has 3 rings (SSSR count). The van der Waals surface area contributed by atoms with Crippen LogP contribution in [0, 0.1) is 12.8 Å². The SMILES string of the molecule is CCCN(CC(=O)Nc1ccccc1C)C(=O)C1COc2ccc(Cl)cc2C1. The third-order valence-electron chi connectivity index (χ3n) is 4.84. The van der Waals surface area contributed by atoms with E-state index in [1.54, 1.807) is 11.0 Å². The van der Waals surface area contributed by atoms with Crippen LogP contribution in [-0.2, 0) is 16.0 Å². The van der Waals surface area contributed by atoms with Crippen LogP contribution < -0.4 is 10.1 Å². The van der Waals surface area contributed by atoms with Crippen LogP contribution in [-0.4, -0.2) is 36.4 Å². The summed E-state index contributed by atoms with van der Waals surface area (Å²) in [5, 5.41) is 3.52. The van der Waals surface area contributed by atoms with Gasteiger partial charge in [0, 0.05) is 17.3 Å². The van der Waals surface area contributed by atoms with E-state index in [9.17, 15) is 9.59 Å². The molecule has 0 saturated carbocycles. The molecule has 0 saturated heterocycles. The molecule has 1 N–H and O–H groups in total. The Labute approximate surface area is 170 Å². The summed E-state index contributed by atoms with van der Waals surface area (Å²) in [6, 6.07) is 13.0. The largest absolute Gasteiger partial charge is 0.492 e. The van der Waals surface area contributed by atoms with Crippen LogP contribution in [0.1, 0.15) is 24.5 Å². The lowest BCUT2D eigenvalue weighted by Crippen LogP contribution is -2.44. The number of benzene rings is 2. The molecule has 1 aliphatic rings. The summed E-state index contributed by atoms with van der Waals surface area (Å²) in [7, 11) is 0. The predicted octanol–water partition coefficient (Wildman–Crippen LogP) is 4.08. The number of fused-ring (bicyclic) bond motifs is 1. The lowest BCUT2D eigenvalue weighted by atomic mass is 9.95. The van der Waals surface area contributed by atoms with Gasteiger partial charge in [0.15, 0.2) is 0 Å². The third kappa shape index (κ3) is 4.84. The molecule has 1 heterocycles. The number of nitrogens with one attached hydrogen (secondary N) is 1. The summed E-state index contributed by atoms with van der Waals surface area (Å²) in [6.07, 6.45) is 1.34. The number of halogens is 1. The number of carbonyl (C=O) groups is 2. The fourth-order valence-corrected chi connectivity index (χ4v) is 3.59. The second-order valence-corrected chi connectivity index (χ2v) is 7.52. The number of aryl methyl sites for hydroxylation is 1. The van der Waals surface area contributed by atoms with E-state index in [0.29, 0.717) is 24.6 Å². The van der Waals surface area contributed by atoms with Crippen molar-refractivity contribution in [2.45, 2.75) is 26.7 Å². The first-order valence-electron chi connectivity index (χ1n) is 9.53. The normalized spacial score (nSPS) is 15.3. The molecule has 0 aliphatic carbocycles. The minimum atomic E-state index is -0.316. The van der Waals surface area contributed by atoms with Crippen molar-refractivity contribution in [2.24, 2.45) is 5.92 Å². The van der Waals surface area contributed by atoms with Gasteiger partial charge in [0.2, 0.25) is 11.8 Å². The van der Waals surface area contributed by atoms with Gasteiger partial charge in [0.05, 0.1) is 12.5 Å². The van der Waals surface area contributed by atoms with Crippen LogP contribution in [0.2, 0.25) is 5.02 Å². The number of nitrogens with zero attached hydrogens (tertiary/aromatic N) is 1. The second-order valence-electron chi connectivity index (χ2n) is 7.09. The van der Waals surface area contributed by atoms with Gasteiger partial charge in [-0.05, 0) is 55.2 Å². The van der Waals surface area contributed by atoms with Gasteiger partial charge in [0.25, 0.3) is 0 Å². The Morgan fingerprint density at radius 1 is 1.25 bits per heavy atom. The minimum Gasteiger partial charge on any atom is -0.492 e. The highest BCUT2D eigenvalue weighted by molar-refractivity contribution is 6.30. The lowest BCUT2D eigenvalue weighted by Gasteiger charge is -2.30. The average molecular weight is 401 g/mol. The highest BCUT2D eigenvalue weighted by Gasteiger charge is 2.30. The molecule has 2 amide bonds. The smallest absolute Gasteiger partial charge is 0.244 e. The Kier molecular flexibility index (Phi) is 6.57. The zero-order valence-corrected chi connectivity index (χ0v) is 17.0. The van der Waals surface area contributed by atoms with E-state index in [4.69, 9.17) is 16.3 Å². The Balaban J connectivity index is 1.67. The second kappa shape index (κ2) is 9.11. The van der Waals surface area contributed by atoms with Crippen LogP contribution in [0.3, 0.4) is 0 Å². The first kappa shape index (κ1) is 20.2. The van der Waals surface area contributed by atoms with Gasteiger partial charge >= 0.3 is 0 Å². The first-order chi connectivity index (χ1) is 13.5.